The molecule has 0 radical (unpaired) electrons. The van der Waals surface area contributed by atoms with Gasteiger partial charge in [-0.1, -0.05) is 6.08 Å². The molecule has 1 heterocycles. The van der Waals surface area contributed by atoms with Gasteiger partial charge in [-0.3, -0.25) is 9.59 Å². The Labute approximate surface area is 109 Å². The van der Waals surface area contributed by atoms with E-state index >= 15 is 0 Å². The van der Waals surface area contributed by atoms with Gasteiger partial charge in [0.25, 0.3) is 0 Å². The molecule has 0 spiro atoms. The minimum absolute atomic E-state index is 0.0253. The lowest BCUT2D eigenvalue weighted by molar-refractivity contribution is -0.152. The molecule has 0 aromatic heterocycles. The summed E-state index contributed by atoms with van der Waals surface area (Å²) >= 11 is 0. The van der Waals surface area contributed by atoms with Crippen LogP contribution in [0.2, 0.25) is 0 Å². The molecule has 1 saturated heterocycles. The molecule has 1 aliphatic heterocycles. The normalized spacial score (nSPS) is 21.9. The summed E-state index contributed by atoms with van der Waals surface area (Å²) in [6.45, 7) is 8.41. The van der Waals surface area contributed by atoms with Crippen LogP contribution in [0.15, 0.2) is 11.6 Å². The van der Waals surface area contributed by atoms with Crippen molar-refractivity contribution in [1.82, 2.24) is 4.90 Å². The van der Waals surface area contributed by atoms with Crippen molar-refractivity contribution in [2.45, 2.75) is 40.5 Å². The summed E-state index contributed by atoms with van der Waals surface area (Å²) in [6, 6.07) is 0. The minimum atomic E-state index is -0.787. The van der Waals surface area contributed by atoms with Gasteiger partial charge in [0.2, 0.25) is 5.91 Å². The average Bonchev–Trinajstić information content (AvgIpc) is 2.36. The first kappa shape index (κ1) is 14.7. The second kappa shape index (κ2) is 5.55. The van der Waals surface area contributed by atoms with Gasteiger partial charge in [0.05, 0.1) is 5.41 Å². The van der Waals surface area contributed by atoms with Crippen LogP contribution in [-0.2, 0) is 9.59 Å². The highest BCUT2D eigenvalue weighted by Gasteiger charge is 2.39. The van der Waals surface area contributed by atoms with Crippen molar-refractivity contribution in [3.63, 3.8) is 0 Å². The number of carboxylic acids is 1. The molecule has 0 saturated carbocycles. The van der Waals surface area contributed by atoms with Gasteiger partial charge in [-0.15, -0.1) is 0 Å². The molecular weight excluding hydrogens is 230 g/mol. The summed E-state index contributed by atoms with van der Waals surface area (Å²) in [4.78, 5) is 25.1. The zero-order valence-corrected chi connectivity index (χ0v) is 11.7. The first-order chi connectivity index (χ1) is 8.30. The van der Waals surface area contributed by atoms with E-state index in [1.807, 2.05) is 6.92 Å². The maximum absolute atomic E-state index is 12.1. The molecule has 1 aliphatic rings. The lowest BCUT2D eigenvalue weighted by Gasteiger charge is -2.39. The van der Waals surface area contributed by atoms with E-state index in [2.05, 4.69) is 0 Å². The Balaban J connectivity index is 2.79. The molecule has 1 N–H and O–H groups in total. The van der Waals surface area contributed by atoms with Crippen molar-refractivity contribution in [3.8, 4) is 0 Å². The van der Waals surface area contributed by atoms with E-state index in [4.69, 9.17) is 0 Å². The van der Waals surface area contributed by atoms with Crippen LogP contribution in [0.4, 0.5) is 0 Å². The highest BCUT2D eigenvalue weighted by Crippen LogP contribution is 2.34. The molecule has 0 aromatic rings. The van der Waals surface area contributed by atoms with Crippen LogP contribution in [0.5, 0.6) is 0 Å². The number of piperidine rings is 1. The largest absolute Gasteiger partial charge is 0.481 e. The van der Waals surface area contributed by atoms with E-state index < -0.39 is 11.4 Å². The molecule has 1 fully saturated rings. The average molecular weight is 253 g/mol. The van der Waals surface area contributed by atoms with Gasteiger partial charge in [0.15, 0.2) is 0 Å². The second-order valence-electron chi connectivity index (χ2n) is 5.59. The van der Waals surface area contributed by atoms with Crippen LogP contribution in [0.1, 0.15) is 40.5 Å². The topological polar surface area (TPSA) is 57.6 Å². The van der Waals surface area contributed by atoms with Crippen molar-refractivity contribution < 1.29 is 14.7 Å². The van der Waals surface area contributed by atoms with Gasteiger partial charge < -0.3 is 10.0 Å². The molecule has 0 aliphatic carbocycles. The number of amides is 1. The molecule has 0 bridgehead atoms. The molecule has 4 heteroatoms. The predicted octanol–water partition coefficient (Wildman–Crippen LogP) is 2.30. The molecule has 102 valence electrons. The summed E-state index contributed by atoms with van der Waals surface area (Å²) in [5, 5.41) is 9.26. The lowest BCUT2D eigenvalue weighted by atomic mass is 9.74. The quantitative estimate of drug-likeness (QED) is 0.785. The first-order valence-corrected chi connectivity index (χ1v) is 6.46. The minimum Gasteiger partial charge on any atom is -0.481 e. The zero-order chi connectivity index (χ0) is 13.9. The van der Waals surface area contributed by atoms with Gasteiger partial charge in [0.1, 0.15) is 0 Å². The number of carbonyl (C=O) groups is 2. The smallest absolute Gasteiger partial charge is 0.309 e. The molecule has 1 unspecified atom stereocenters. The van der Waals surface area contributed by atoms with E-state index in [0.717, 1.165) is 25.0 Å². The monoisotopic (exact) mass is 253 g/mol. The molecule has 18 heavy (non-hydrogen) atoms. The number of allylic oxidation sites excluding steroid dienone is 1. The third kappa shape index (κ3) is 2.92. The number of likely N-dealkylation sites (tertiary alicyclic amines) is 1. The van der Waals surface area contributed by atoms with Crippen LogP contribution in [-0.4, -0.2) is 35.0 Å². The Bertz CT molecular complexity index is 371. The van der Waals surface area contributed by atoms with Gasteiger partial charge >= 0.3 is 5.97 Å². The molecule has 1 amide bonds. The van der Waals surface area contributed by atoms with Gasteiger partial charge in [-0.2, -0.15) is 0 Å². The van der Waals surface area contributed by atoms with Gasteiger partial charge in [0, 0.05) is 18.7 Å². The van der Waals surface area contributed by atoms with E-state index in [1.54, 1.807) is 31.7 Å². The summed E-state index contributed by atoms with van der Waals surface area (Å²) in [7, 11) is 0. The maximum Gasteiger partial charge on any atom is 0.309 e. The fraction of sp³-hybridized carbons (Fsp3) is 0.714. The third-order valence-electron chi connectivity index (χ3n) is 4.05. The van der Waals surface area contributed by atoms with Gasteiger partial charge in [-0.25, -0.2) is 0 Å². The Hall–Kier alpha value is -1.32. The number of carbonyl (C=O) groups excluding carboxylic acids is 1. The molecule has 1 atom stereocenters. The highest BCUT2D eigenvalue weighted by atomic mass is 16.4. The van der Waals surface area contributed by atoms with Crippen molar-refractivity contribution in [1.29, 1.82) is 0 Å². The fourth-order valence-corrected chi connectivity index (χ4v) is 2.30. The number of aliphatic carboxylic acids is 1. The summed E-state index contributed by atoms with van der Waals surface area (Å²) in [6.07, 6.45) is 3.55. The second-order valence-corrected chi connectivity index (χ2v) is 5.59. The molecule has 1 rings (SSSR count). The first-order valence-electron chi connectivity index (χ1n) is 6.46. The van der Waals surface area contributed by atoms with Crippen molar-refractivity contribution in [2.75, 3.05) is 13.1 Å². The van der Waals surface area contributed by atoms with E-state index in [9.17, 15) is 14.7 Å². The maximum atomic E-state index is 12.1. The number of rotatable bonds is 3. The SMILES string of the molecule is C/C=C(\C)C(=O)N1CCCC(C(C)(C)C(=O)O)C1. The van der Waals surface area contributed by atoms with Crippen molar-refractivity contribution >= 4 is 11.9 Å². The van der Waals surface area contributed by atoms with Crippen molar-refractivity contribution in [2.24, 2.45) is 11.3 Å². The predicted molar refractivity (Wildman–Crippen MR) is 70.2 cm³/mol. The third-order valence-corrected chi connectivity index (χ3v) is 4.05. The van der Waals surface area contributed by atoms with Crippen LogP contribution in [0.25, 0.3) is 0 Å². The number of nitrogens with zero attached hydrogens (tertiary/aromatic N) is 1. The van der Waals surface area contributed by atoms with E-state index in [-0.39, 0.29) is 11.8 Å². The number of carboxylic acid groups (broad SMARTS) is 1. The van der Waals surface area contributed by atoms with Gasteiger partial charge in [-0.05, 0) is 46.5 Å². The number of hydrogen-bond acceptors (Lipinski definition) is 2. The Morgan fingerprint density at radius 3 is 2.50 bits per heavy atom. The van der Waals surface area contributed by atoms with E-state index in [1.165, 1.54) is 0 Å². The lowest BCUT2D eigenvalue weighted by Crippen LogP contribution is -2.47. The van der Waals surface area contributed by atoms with Crippen LogP contribution >= 0.6 is 0 Å². The van der Waals surface area contributed by atoms with Crippen LogP contribution < -0.4 is 0 Å². The Morgan fingerprint density at radius 2 is 2.00 bits per heavy atom. The zero-order valence-electron chi connectivity index (χ0n) is 11.7. The molecular formula is C14H23NO3. The number of hydrogen-bond donors (Lipinski definition) is 1. The van der Waals surface area contributed by atoms with Crippen LogP contribution in [0, 0.1) is 11.3 Å². The molecule has 4 nitrogen and oxygen atoms in total. The van der Waals surface area contributed by atoms with Crippen LogP contribution in [0.3, 0.4) is 0 Å². The standard InChI is InChI=1S/C14H23NO3/c1-5-10(2)12(16)15-8-6-7-11(9-15)14(3,4)13(17)18/h5,11H,6-9H2,1-4H3,(H,17,18)/b10-5+. The van der Waals surface area contributed by atoms with E-state index in [0.29, 0.717) is 6.54 Å². The Kier molecular flexibility index (Phi) is 4.54. The Morgan fingerprint density at radius 1 is 1.39 bits per heavy atom. The van der Waals surface area contributed by atoms with Crippen molar-refractivity contribution in [3.05, 3.63) is 11.6 Å². The fourth-order valence-electron chi connectivity index (χ4n) is 2.30. The molecule has 0 aromatic carbocycles. The summed E-state index contributed by atoms with van der Waals surface area (Å²) in [5.74, 6) is -0.731. The summed E-state index contributed by atoms with van der Waals surface area (Å²) < 4.78 is 0. The summed E-state index contributed by atoms with van der Waals surface area (Å²) in [5.41, 5.74) is -0.0493. The highest BCUT2D eigenvalue weighted by molar-refractivity contribution is 5.92.